The van der Waals surface area contributed by atoms with Crippen LogP contribution >= 0.6 is 0 Å². The van der Waals surface area contributed by atoms with E-state index in [0.717, 1.165) is 29.7 Å². The average Bonchev–Trinajstić information content (AvgIpc) is 3.20. The maximum atomic E-state index is 12.3. The summed E-state index contributed by atoms with van der Waals surface area (Å²) < 4.78 is 15.2. The van der Waals surface area contributed by atoms with Crippen molar-refractivity contribution in [3.63, 3.8) is 0 Å². The predicted octanol–water partition coefficient (Wildman–Crippen LogP) is 3.38. The number of benzene rings is 1. The summed E-state index contributed by atoms with van der Waals surface area (Å²) in [5.41, 5.74) is 1.81. The number of hydrogen-bond acceptors (Lipinski definition) is 6. The maximum Gasteiger partial charge on any atom is 0.320 e. The molecular weight excluding hydrogens is 348 g/mol. The molecule has 0 saturated heterocycles. The minimum absolute atomic E-state index is 0.0469. The highest BCUT2D eigenvalue weighted by molar-refractivity contribution is 5.96. The molecule has 1 atom stereocenters. The molecule has 1 aromatic rings. The molecule has 0 aromatic heterocycles. The van der Waals surface area contributed by atoms with Gasteiger partial charge in [-0.15, -0.1) is 0 Å². The molecule has 6 nitrogen and oxygen atoms in total. The Bertz CT molecular complexity index is 674. The fourth-order valence-corrected chi connectivity index (χ4v) is 3.96. The van der Waals surface area contributed by atoms with Gasteiger partial charge in [-0.25, -0.2) is 0 Å². The number of Topliss-reactive ketones (excluding diaryl/α,β-unsaturated/α-hetero) is 1. The molecule has 1 aliphatic carbocycles. The van der Waals surface area contributed by atoms with Gasteiger partial charge in [0.25, 0.3) is 0 Å². The molecule has 27 heavy (non-hydrogen) atoms. The van der Waals surface area contributed by atoms with Crippen LogP contribution in [0.3, 0.4) is 0 Å². The first-order chi connectivity index (χ1) is 12.9. The van der Waals surface area contributed by atoms with Gasteiger partial charge in [0.2, 0.25) is 0 Å². The molecular formula is C21H28O6. The van der Waals surface area contributed by atoms with Crippen LogP contribution in [0.5, 0.6) is 5.75 Å². The van der Waals surface area contributed by atoms with Crippen LogP contribution in [0.15, 0.2) is 18.2 Å². The zero-order chi connectivity index (χ0) is 20.0. The van der Waals surface area contributed by atoms with Gasteiger partial charge in [-0.2, -0.15) is 0 Å². The second-order valence-electron chi connectivity index (χ2n) is 7.02. The molecule has 1 unspecified atom stereocenters. The normalized spacial score (nSPS) is 15.4. The highest BCUT2D eigenvalue weighted by atomic mass is 16.5. The summed E-state index contributed by atoms with van der Waals surface area (Å²) in [4.78, 5) is 36.5. The van der Waals surface area contributed by atoms with E-state index in [1.165, 1.54) is 34.0 Å². The summed E-state index contributed by atoms with van der Waals surface area (Å²) in [6.45, 7) is 1.44. The first-order valence-electron chi connectivity index (χ1n) is 9.25. The lowest BCUT2D eigenvalue weighted by Gasteiger charge is -2.25. The molecule has 0 spiro atoms. The van der Waals surface area contributed by atoms with E-state index in [1.807, 2.05) is 18.2 Å². The van der Waals surface area contributed by atoms with E-state index in [-0.39, 0.29) is 12.2 Å². The van der Waals surface area contributed by atoms with Crippen LogP contribution in [-0.4, -0.2) is 39.1 Å². The molecule has 0 bridgehead atoms. The molecule has 1 fully saturated rings. The minimum atomic E-state index is -1.19. The smallest absolute Gasteiger partial charge is 0.320 e. The Balaban J connectivity index is 2.51. The summed E-state index contributed by atoms with van der Waals surface area (Å²) in [6, 6.07) is 5.63. The lowest BCUT2D eigenvalue weighted by atomic mass is 9.80. The highest BCUT2D eigenvalue weighted by Gasteiger charge is 2.39. The van der Waals surface area contributed by atoms with Crippen molar-refractivity contribution in [2.45, 2.75) is 50.9 Å². The number of carbonyl (C=O) groups excluding carboxylic acids is 3. The van der Waals surface area contributed by atoms with Crippen LogP contribution in [0.2, 0.25) is 0 Å². The molecule has 0 aliphatic heterocycles. The van der Waals surface area contributed by atoms with Gasteiger partial charge in [0, 0.05) is 12.3 Å². The van der Waals surface area contributed by atoms with E-state index < -0.39 is 23.8 Å². The van der Waals surface area contributed by atoms with Crippen LogP contribution in [0, 0.1) is 5.92 Å². The summed E-state index contributed by atoms with van der Waals surface area (Å²) in [5, 5.41) is 0. The maximum absolute atomic E-state index is 12.3. The molecule has 148 valence electrons. The Morgan fingerprint density at radius 2 is 1.63 bits per heavy atom. The van der Waals surface area contributed by atoms with Crippen LogP contribution in [0.25, 0.3) is 0 Å². The standard InChI is InChI=1S/C21H28O6/c1-13(22)11-17(19(20(23)26-3)21(24)27-4)15-9-10-18(25-2)16(12-15)14-7-5-6-8-14/h9-10,12,14,17,19H,5-8,11H2,1-4H3. The SMILES string of the molecule is COC(=O)C(C(=O)OC)C(CC(C)=O)c1ccc(OC)c(C2CCCC2)c1. The summed E-state index contributed by atoms with van der Waals surface area (Å²) in [5.74, 6) is -2.18. The Morgan fingerprint density at radius 1 is 1.04 bits per heavy atom. The van der Waals surface area contributed by atoms with E-state index in [1.54, 1.807) is 7.11 Å². The van der Waals surface area contributed by atoms with Gasteiger partial charge < -0.3 is 19.0 Å². The lowest BCUT2D eigenvalue weighted by Crippen LogP contribution is -2.33. The number of methoxy groups -OCH3 is 3. The molecule has 6 heteroatoms. The van der Waals surface area contributed by atoms with E-state index in [4.69, 9.17) is 14.2 Å². The van der Waals surface area contributed by atoms with Gasteiger partial charge in [-0.05, 0) is 42.9 Å². The van der Waals surface area contributed by atoms with Gasteiger partial charge in [-0.1, -0.05) is 25.0 Å². The van der Waals surface area contributed by atoms with Gasteiger partial charge in [0.05, 0.1) is 21.3 Å². The van der Waals surface area contributed by atoms with Crippen molar-refractivity contribution in [2.75, 3.05) is 21.3 Å². The minimum Gasteiger partial charge on any atom is -0.496 e. The van der Waals surface area contributed by atoms with Gasteiger partial charge in [0.15, 0.2) is 5.92 Å². The second-order valence-corrected chi connectivity index (χ2v) is 7.02. The monoisotopic (exact) mass is 376 g/mol. The summed E-state index contributed by atoms with van der Waals surface area (Å²) in [6.07, 6.45) is 4.54. The van der Waals surface area contributed by atoms with Crippen molar-refractivity contribution >= 4 is 17.7 Å². The van der Waals surface area contributed by atoms with E-state index >= 15 is 0 Å². The molecule has 0 heterocycles. The first kappa shape index (κ1) is 20.9. The van der Waals surface area contributed by atoms with Crippen LogP contribution < -0.4 is 4.74 Å². The van der Waals surface area contributed by atoms with Crippen molar-refractivity contribution in [3.05, 3.63) is 29.3 Å². The zero-order valence-electron chi connectivity index (χ0n) is 16.4. The predicted molar refractivity (Wildman–Crippen MR) is 99.8 cm³/mol. The Hall–Kier alpha value is -2.37. The second kappa shape index (κ2) is 9.53. The van der Waals surface area contributed by atoms with Gasteiger partial charge in [0.1, 0.15) is 11.5 Å². The van der Waals surface area contributed by atoms with E-state index in [9.17, 15) is 14.4 Å². The van der Waals surface area contributed by atoms with Gasteiger partial charge in [-0.3, -0.25) is 9.59 Å². The van der Waals surface area contributed by atoms with Gasteiger partial charge >= 0.3 is 11.9 Å². The van der Waals surface area contributed by atoms with Crippen LogP contribution in [0.4, 0.5) is 0 Å². The third-order valence-electron chi connectivity index (χ3n) is 5.30. The number of esters is 2. The lowest BCUT2D eigenvalue weighted by molar-refractivity contribution is -0.160. The molecule has 1 saturated carbocycles. The number of hydrogen-bond donors (Lipinski definition) is 0. The number of ketones is 1. The number of rotatable bonds is 8. The molecule has 0 N–H and O–H groups in total. The summed E-state index contributed by atoms with van der Waals surface area (Å²) in [7, 11) is 4.08. The van der Waals surface area contributed by atoms with Crippen molar-refractivity contribution in [3.8, 4) is 5.75 Å². The molecule has 0 amide bonds. The summed E-state index contributed by atoms with van der Waals surface area (Å²) >= 11 is 0. The van der Waals surface area contributed by atoms with E-state index in [2.05, 4.69) is 0 Å². The number of carbonyl (C=O) groups is 3. The Morgan fingerprint density at radius 3 is 2.11 bits per heavy atom. The largest absolute Gasteiger partial charge is 0.496 e. The van der Waals surface area contributed by atoms with Crippen LogP contribution in [-0.2, 0) is 23.9 Å². The molecule has 0 radical (unpaired) electrons. The molecule has 1 aromatic carbocycles. The zero-order valence-corrected chi connectivity index (χ0v) is 16.4. The number of ether oxygens (including phenoxy) is 3. The Kier molecular flexibility index (Phi) is 7.39. The molecule has 2 rings (SSSR count). The molecule has 1 aliphatic rings. The third kappa shape index (κ3) is 4.87. The average molecular weight is 376 g/mol. The van der Waals surface area contributed by atoms with Crippen LogP contribution in [0.1, 0.15) is 62.0 Å². The first-order valence-corrected chi connectivity index (χ1v) is 9.25. The Labute approximate surface area is 160 Å². The van der Waals surface area contributed by atoms with E-state index in [0.29, 0.717) is 5.92 Å². The third-order valence-corrected chi connectivity index (χ3v) is 5.30. The topological polar surface area (TPSA) is 78.9 Å². The van der Waals surface area contributed by atoms with Crippen molar-refractivity contribution in [1.29, 1.82) is 0 Å². The van der Waals surface area contributed by atoms with Crippen molar-refractivity contribution < 1.29 is 28.6 Å². The fourth-order valence-electron chi connectivity index (χ4n) is 3.96. The highest BCUT2D eigenvalue weighted by Crippen LogP contribution is 2.41. The van der Waals surface area contributed by atoms with Crippen molar-refractivity contribution in [1.82, 2.24) is 0 Å². The quantitative estimate of drug-likeness (QED) is 0.511. The fraction of sp³-hybridized carbons (Fsp3) is 0.571. The van der Waals surface area contributed by atoms with Crippen molar-refractivity contribution in [2.24, 2.45) is 5.92 Å².